The third-order valence-electron chi connectivity index (χ3n) is 5.39. The summed E-state index contributed by atoms with van der Waals surface area (Å²) in [6.07, 6.45) is 12.0. The van der Waals surface area contributed by atoms with Crippen LogP contribution in [-0.4, -0.2) is 19.2 Å². The van der Waals surface area contributed by atoms with Crippen LogP contribution in [0.15, 0.2) is 60.7 Å². The summed E-state index contributed by atoms with van der Waals surface area (Å²) in [6.45, 7) is 7.99. The number of ether oxygens (including phenoxy) is 2. The maximum absolute atomic E-state index is 11.3. The van der Waals surface area contributed by atoms with Gasteiger partial charge in [-0.25, -0.2) is 4.79 Å². The summed E-state index contributed by atoms with van der Waals surface area (Å²) in [4.78, 5) is 11.3. The second kappa shape index (κ2) is 14.5. The maximum Gasteiger partial charge on any atom is 0.333 e. The lowest BCUT2D eigenvalue weighted by molar-refractivity contribution is -0.139. The Morgan fingerprint density at radius 2 is 1.32 bits per heavy atom. The van der Waals surface area contributed by atoms with Gasteiger partial charge in [-0.1, -0.05) is 94.8 Å². The quantitative estimate of drug-likeness (QED) is 0.169. The normalized spacial score (nSPS) is 10.6. The fraction of sp³-hybridized carbons (Fsp3) is 0.464. The molecule has 0 fully saturated rings. The minimum Gasteiger partial charge on any atom is -0.490 e. The lowest BCUT2D eigenvalue weighted by Crippen LogP contribution is -2.12. The Labute approximate surface area is 188 Å². The molecule has 0 unspecified atom stereocenters. The molecule has 0 saturated heterocycles. The molecule has 3 heteroatoms. The summed E-state index contributed by atoms with van der Waals surface area (Å²) in [7, 11) is 0. The van der Waals surface area contributed by atoms with Crippen molar-refractivity contribution in [3.63, 3.8) is 0 Å². The van der Waals surface area contributed by atoms with Crippen LogP contribution in [0.2, 0.25) is 0 Å². The van der Waals surface area contributed by atoms with Crippen LogP contribution in [0, 0.1) is 0 Å². The van der Waals surface area contributed by atoms with E-state index in [4.69, 9.17) is 9.47 Å². The molecule has 0 N–H and O–H groups in total. The van der Waals surface area contributed by atoms with Gasteiger partial charge in [0, 0.05) is 5.57 Å². The zero-order valence-corrected chi connectivity index (χ0v) is 19.3. The zero-order chi connectivity index (χ0) is 22.3. The molecule has 0 radical (unpaired) electrons. The van der Waals surface area contributed by atoms with E-state index in [-0.39, 0.29) is 12.6 Å². The highest BCUT2D eigenvalue weighted by Crippen LogP contribution is 2.23. The first kappa shape index (κ1) is 24.7. The van der Waals surface area contributed by atoms with Crippen LogP contribution in [0.25, 0.3) is 11.1 Å². The van der Waals surface area contributed by atoms with Crippen molar-refractivity contribution in [2.24, 2.45) is 0 Å². The molecule has 0 spiro atoms. The van der Waals surface area contributed by atoms with Gasteiger partial charge in [0.25, 0.3) is 0 Å². The number of benzene rings is 2. The van der Waals surface area contributed by atoms with E-state index in [0.717, 1.165) is 12.2 Å². The van der Waals surface area contributed by atoms with Crippen molar-refractivity contribution in [2.75, 3.05) is 13.2 Å². The molecule has 0 aliphatic carbocycles. The highest BCUT2D eigenvalue weighted by atomic mass is 16.6. The Bertz CT molecular complexity index is 775. The molecule has 0 amide bonds. The first-order chi connectivity index (χ1) is 15.1. The zero-order valence-electron chi connectivity index (χ0n) is 19.3. The summed E-state index contributed by atoms with van der Waals surface area (Å²) >= 11 is 0. The summed E-state index contributed by atoms with van der Waals surface area (Å²) in [6, 6.07) is 16.9. The van der Waals surface area contributed by atoms with Gasteiger partial charge >= 0.3 is 5.97 Å². The van der Waals surface area contributed by atoms with Crippen molar-refractivity contribution in [3.05, 3.63) is 66.2 Å². The van der Waals surface area contributed by atoms with E-state index in [1.807, 2.05) is 12.1 Å². The Kier molecular flexibility index (Phi) is 11.5. The van der Waals surface area contributed by atoms with Crippen molar-refractivity contribution in [3.8, 4) is 16.9 Å². The predicted octanol–water partition coefficient (Wildman–Crippen LogP) is 7.53. The Morgan fingerprint density at radius 1 is 0.774 bits per heavy atom. The van der Waals surface area contributed by atoms with Gasteiger partial charge in [-0.3, -0.25) is 0 Å². The van der Waals surface area contributed by atoms with E-state index < -0.39 is 0 Å². The van der Waals surface area contributed by atoms with Crippen LogP contribution in [0.1, 0.15) is 70.8 Å². The van der Waals surface area contributed by atoms with Crippen molar-refractivity contribution in [1.29, 1.82) is 0 Å². The second-order valence-corrected chi connectivity index (χ2v) is 8.21. The molecule has 0 aliphatic heterocycles. The monoisotopic (exact) mass is 422 g/mol. The van der Waals surface area contributed by atoms with Gasteiger partial charge in [-0.2, -0.15) is 0 Å². The number of carbonyl (C=O) groups is 1. The fourth-order valence-electron chi connectivity index (χ4n) is 3.49. The molecule has 0 aliphatic rings. The number of esters is 1. The molecule has 2 aromatic carbocycles. The molecule has 168 valence electrons. The Balaban J connectivity index is 1.68. The van der Waals surface area contributed by atoms with E-state index in [0.29, 0.717) is 12.2 Å². The first-order valence-corrected chi connectivity index (χ1v) is 11.7. The van der Waals surface area contributed by atoms with Crippen LogP contribution in [0.4, 0.5) is 0 Å². The Morgan fingerprint density at radius 3 is 1.90 bits per heavy atom. The number of hydrogen-bond donors (Lipinski definition) is 0. The number of carbonyl (C=O) groups excluding carboxylic acids is 1. The fourth-order valence-corrected chi connectivity index (χ4v) is 3.49. The van der Waals surface area contributed by atoms with Crippen molar-refractivity contribution >= 4 is 5.97 Å². The second-order valence-electron chi connectivity index (χ2n) is 8.21. The van der Waals surface area contributed by atoms with E-state index in [1.54, 1.807) is 6.92 Å². The standard InChI is InChI=1S/C28H38O3/c1-4-5-6-7-8-9-10-11-12-24-13-15-25(16-14-24)26-17-19-27(20-18-26)30-21-22-31-28(29)23(2)3/h13-20H,2,4-12,21-22H2,1,3H3. The van der Waals surface area contributed by atoms with Gasteiger partial charge in [0.05, 0.1) is 0 Å². The molecule has 0 aromatic heterocycles. The number of aryl methyl sites for hydroxylation is 1. The van der Waals surface area contributed by atoms with Crippen molar-refractivity contribution < 1.29 is 14.3 Å². The van der Waals surface area contributed by atoms with Crippen molar-refractivity contribution in [1.82, 2.24) is 0 Å². The van der Waals surface area contributed by atoms with Gasteiger partial charge in [0.2, 0.25) is 0 Å². The van der Waals surface area contributed by atoms with Crippen LogP contribution in [0.3, 0.4) is 0 Å². The van der Waals surface area contributed by atoms with Crippen LogP contribution < -0.4 is 4.74 Å². The highest BCUT2D eigenvalue weighted by molar-refractivity contribution is 5.86. The number of hydrogen-bond acceptors (Lipinski definition) is 3. The summed E-state index contributed by atoms with van der Waals surface area (Å²) in [5.41, 5.74) is 4.19. The summed E-state index contributed by atoms with van der Waals surface area (Å²) in [5, 5.41) is 0. The molecule has 0 saturated carbocycles. The molecule has 2 rings (SSSR count). The molecule has 31 heavy (non-hydrogen) atoms. The third-order valence-corrected chi connectivity index (χ3v) is 5.39. The predicted molar refractivity (Wildman–Crippen MR) is 129 cm³/mol. The van der Waals surface area contributed by atoms with Crippen molar-refractivity contribution in [2.45, 2.75) is 71.6 Å². The van der Waals surface area contributed by atoms with Gasteiger partial charge in [-0.05, 0) is 48.6 Å². The smallest absolute Gasteiger partial charge is 0.333 e. The molecule has 0 bridgehead atoms. The number of rotatable bonds is 15. The minimum absolute atomic E-state index is 0.216. The lowest BCUT2D eigenvalue weighted by atomic mass is 10.0. The summed E-state index contributed by atoms with van der Waals surface area (Å²) < 4.78 is 10.7. The average Bonchev–Trinajstić information content (AvgIpc) is 2.79. The van der Waals surface area contributed by atoms with Gasteiger partial charge in [0.1, 0.15) is 19.0 Å². The molecule has 3 nitrogen and oxygen atoms in total. The van der Waals surface area contributed by atoms with Gasteiger partial charge < -0.3 is 9.47 Å². The van der Waals surface area contributed by atoms with Crippen LogP contribution in [-0.2, 0) is 16.0 Å². The SMILES string of the molecule is C=C(C)C(=O)OCCOc1ccc(-c2ccc(CCCCCCCCCC)cc2)cc1. The van der Waals surface area contributed by atoms with Gasteiger partial charge in [0.15, 0.2) is 0 Å². The maximum atomic E-state index is 11.3. The van der Waals surface area contributed by atoms with Crippen LogP contribution in [0.5, 0.6) is 5.75 Å². The van der Waals surface area contributed by atoms with Crippen LogP contribution >= 0.6 is 0 Å². The number of unbranched alkanes of at least 4 members (excludes halogenated alkanes) is 7. The minimum atomic E-state index is -0.384. The molecular weight excluding hydrogens is 384 g/mol. The summed E-state index contributed by atoms with van der Waals surface area (Å²) in [5.74, 6) is 0.381. The lowest BCUT2D eigenvalue weighted by Gasteiger charge is -2.09. The average molecular weight is 423 g/mol. The molecule has 2 aromatic rings. The molecular formula is C28H38O3. The largest absolute Gasteiger partial charge is 0.490 e. The molecule has 0 atom stereocenters. The van der Waals surface area contributed by atoms with E-state index in [9.17, 15) is 4.79 Å². The topological polar surface area (TPSA) is 35.5 Å². The van der Waals surface area contributed by atoms with E-state index in [2.05, 4.69) is 49.9 Å². The van der Waals surface area contributed by atoms with Gasteiger partial charge in [-0.15, -0.1) is 0 Å². The Hall–Kier alpha value is -2.55. The van der Waals surface area contributed by atoms with E-state index in [1.165, 1.54) is 68.1 Å². The first-order valence-electron chi connectivity index (χ1n) is 11.7. The highest BCUT2D eigenvalue weighted by Gasteiger charge is 2.03. The van der Waals surface area contributed by atoms with E-state index >= 15 is 0 Å². The third kappa shape index (κ3) is 9.87. The molecule has 0 heterocycles.